The summed E-state index contributed by atoms with van der Waals surface area (Å²) >= 11 is 1.88. The van der Waals surface area contributed by atoms with Gasteiger partial charge in [0.2, 0.25) is 0 Å². The fraction of sp³-hybridized carbons (Fsp3) is 0.135. The molecule has 1 aliphatic heterocycles. The third-order valence-electron chi connectivity index (χ3n) is 8.16. The van der Waals surface area contributed by atoms with E-state index in [1.807, 2.05) is 23.9 Å². The van der Waals surface area contributed by atoms with Crippen molar-refractivity contribution in [3.8, 4) is 0 Å². The van der Waals surface area contributed by atoms with Crippen LogP contribution in [0, 0.1) is 0 Å². The van der Waals surface area contributed by atoms with E-state index in [4.69, 9.17) is 5.73 Å². The van der Waals surface area contributed by atoms with Crippen LogP contribution in [0.3, 0.4) is 0 Å². The van der Waals surface area contributed by atoms with Gasteiger partial charge in [-0.05, 0) is 57.5 Å². The first-order valence-electron chi connectivity index (χ1n) is 14.5. The third-order valence-corrected chi connectivity index (χ3v) is 9.38. The van der Waals surface area contributed by atoms with Crippen LogP contribution in [-0.4, -0.2) is 0 Å². The van der Waals surface area contributed by atoms with Gasteiger partial charge in [-0.2, -0.15) is 0 Å². The fourth-order valence-corrected chi connectivity index (χ4v) is 7.06. The summed E-state index contributed by atoms with van der Waals surface area (Å²) < 4.78 is 0. The van der Waals surface area contributed by atoms with Gasteiger partial charge in [0.05, 0.1) is 18.0 Å². The predicted octanol–water partition coefficient (Wildman–Crippen LogP) is 8.81. The van der Waals surface area contributed by atoms with Gasteiger partial charge in [-0.1, -0.05) is 133 Å². The van der Waals surface area contributed by atoms with Gasteiger partial charge in [-0.25, -0.2) is 0 Å². The zero-order chi connectivity index (χ0) is 28.5. The van der Waals surface area contributed by atoms with Gasteiger partial charge in [0.25, 0.3) is 0 Å². The Bertz CT molecular complexity index is 1830. The third kappa shape index (κ3) is 5.28. The van der Waals surface area contributed by atoms with E-state index in [-0.39, 0.29) is 23.7 Å². The van der Waals surface area contributed by atoms with Crippen molar-refractivity contribution in [3.05, 3.63) is 156 Å². The minimum atomic E-state index is -0.358. The Morgan fingerprint density at radius 3 is 2.05 bits per heavy atom. The molecule has 4 nitrogen and oxygen atoms in total. The molecule has 0 radical (unpaired) electrons. The van der Waals surface area contributed by atoms with Gasteiger partial charge in [0.15, 0.2) is 0 Å². The summed E-state index contributed by atoms with van der Waals surface area (Å²) in [6.45, 7) is 2.19. The highest BCUT2D eigenvalue weighted by molar-refractivity contribution is 8.00. The number of fused-ring (bicyclic) bond motifs is 5. The molecule has 4 atom stereocenters. The molecule has 0 fully saturated rings. The van der Waals surface area contributed by atoms with Crippen molar-refractivity contribution in [2.45, 2.75) is 35.6 Å². The summed E-state index contributed by atoms with van der Waals surface area (Å²) in [6.07, 6.45) is -0.480. The molecule has 0 aliphatic carbocycles. The summed E-state index contributed by atoms with van der Waals surface area (Å²) in [6, 6.07) is 47.3. The molecule has 6 aromatic carbocycles. The molecule has 0 saturated heterocycles. The minimum Gasteiger partial charge on any atom is -0.368 e. The molecular formula is C37H34N4S. The molecule has 4 unspecified atom stereocenters. The van der Waals surface area contributed by atoms with Crippen LogP contribution in [-0.2, 0) is 0 Å². The standard InChI is InChI=1S/C37H34N4S/c1-24(25-11-5-2-6-12-25)39-36(27-13-7-3-8-14-27)41-35(38)30-19-21-31-29(23-30)18-17-26-20-22-32-34(33(26)31)40-37(42-32)28-15-9-4-10-16-28/h2-24,35-37,39-41H,38H2,1H3. The second kappa shape index (κ2) is 11.6. The number of thioether (sulfide) groups is 1. The molecular weight excluding hydrogens is 533 g/mol. The molecule has 0 bridgehead atoms. The highest BCUT2D eigenvalue weighted by Crippen LogP contribution is 2.50. The summed E-state index contributed by atoms with van der Waals surface area (Å²) in [5.41, 5.74) is 12.8. The van der Waals surface area contributed by atoms with E-state index in [0.29, 0.717) is 0 Å². The van der Waals surface area contributed by atoms with Crippen LogP contribution in [0.4, 0.5) is 5.69 Å². The molecule has 5 heteroatoms. The van der Waals surface area contributed by atoms with Gasteiger partial charge >= 0.3 is 0 Å². The van der Waals surface area contributed by atoms with Gasteiger partial charge in [0.1, 0.15) is 5.37 Å². The van der Waals surface area contributed by atoms with Gasteiger partial charge in [-0.15, -0.1) is 0 Å². The molecule has 1 heterocycles. The fourth-order valence-electron chi connectivity index (χ4n) is 5.91. The molecule has 0 amide bonds. The zero-order valence-electron chi connectivity index (χ0n) is 23.5. The maximum absolute atomic E-state index is 6.86. The Morgan fingerprint density at radius 1 is 0.667 bits per heavy atom. The van der Waals surface area contributed by atoms with Crippen LogP contribution in [0.25, 0.3) is 21.5 Å². The Kier molecular flexibility index (Phi) is 7.41. The molecule has 6 aromatic rings. The second-order valence-corrected chi connectivity index (χ2v) is 12.1. The molecule has 0 saturated carbocycles. The Morgan fingerprint density at radius 2 is 1.31 bits per heavy atom. The van der Waals surface area contributed by atoms with Gasteiger partial charge in [0, 0.05) is 16.3 Å². The summed E-state index contributed by atoms with van der Waals surface area (Å²) in [4.78, 5) is 1.29. The van der Waals surface area contributed by atoms with Crippen LogP contribution < -0.4 is 21.7 Å². The van der Waals surface area contributed by atoms with E-state index in [1.165, 1.54) is 43.3 Å². The number of hydrogen-bond donors (Lipinski definition) is 4. The number of nitrogens with two attached hydrogens (primary N) is 1. The van der Waals surface area contributed by atoms with E-state index in [2.05, 4.69) is 144 Å². The molecule has 1 aliphatic rings. The van der Waals surface area contributed by atoms with E-state index in [9.17, 15) is 0 Å². The molecule has 5 N–H and O–H groups in total. The van der Waals surface area contributed by atoms with E-state index in [0.717, 1.165) is 11.1 Å². The lowest BCUT2D eigenvalue weighted by atomic mass is 9.98. The number of anilines is 1. The van der Waals surface area contributed by atoms with Gasteiger partial charge in [-0.3, -0.25) is 10.6 Å². The Hall–Kier alpha value is -4.13. The average Bonchev–Trinajstić information content (AvgIpc) is 3.50. The summed E-state index contributed by atoms with van der Waals surface area (Å²) in [5, 5.41) is 16.4. The predicted molar refractivity (Wildman–Crippen MR) is 177 cm³/mol. The SMILES string of the molecule is CC(NC(NC(N)c1ccc2c(ccc3ccc4c(c32)NC(c2ccccc2)S4)c1)c1ccccc1)c1ccccc1. The maximum Gasteiger partial charge on any atom is 0.103 e. The Balaban J connectivity index is 1.18. The Labute approximate surface area is 251 Å². The van der Waals surface area contributed by atoms with Crippen LogP contribution in [0.2, 0.25) is 0 Å². The highest BCUT2D eigenvalue weighted by Gasteiger charge is 2.25. The summed E-state index contributed by atoms with van der Waals surface area (Å²) in [7, 11) is 0. The first-order chi connectivity index (χ1) is 20.6. The average molecular weight is 567 g/mol. The minimum absolute atomic E-state index is 0.122. The van der Waals surface area contributed by atoms with Crippen LogP contribution in [0.5, 0.6) is 0 Å². The monoisotopic (exact) mass is 566 g/mol. The van der Waals surface area contributed by atoms with Crippen LogP contribution >= 0.6 is 11.8 Å². The zero-order valence-corrected chi connectivity index (χ0v) is 24.3. The van der Waals surface area contributed by atoms with Crippen molar-refractivity contribution in [2.75, 3.05) is 5.32 Å². The van der Waals surface area contributed by atoms with Crippen LogP contribution in [0.15, 0.2) is 138 Å². The van der Waals surface area contributed by atoms with Gasteiger partial charge < -0.3 is 11.1 Å². The smallest absolute Gasteiger partial charge is 0.103 e. The lowest BCUT2D eigenvalue weighted by Crippen LogP contribution is -2.40. The maximum atomic E-state index is 6.86. The van der Waals surface area contributed by atoms with Crippen molar-refractivity contribution in [3.63, 3.8) is 0 Å². The largest absolute Gasteiger partial charge is 0.368 e. The molecule has 7 rings (SSSR count). The quantitative estimate of drug-likeness (QED) is 0.110. The molecule has 0 spiro atoms. The number of benzene rings is 6. The van der Waals surface area contributed by atoms with Crippen molar-refractivity contribution < 1.29 is 0 Å². The molecule has 0 aromatic heterocycles. The van der Waals surface area contributed by atoms with Crippen molar-refractivity contribution in [1.82, 2.24) is 10.6 Å². The van der Waals surface area contributed by atoms with Crippen molar-refractivity contribution in [1.29, 1.82) is 0 Å². The number of rotatable bonds is 8. The van der Waals surface area contributed by atoms with Crippen molar-refractivity contribution >= 4 is 39.0 Å². The van der Waals surface area contributed by atoms with E-state index in [1.54, 1.807) is 0 Å². The second-order valence-electron chi connectivity index (χ2n) is 10.9. The number of nitrogens with one attached hydrogen (secondary N) is 3. The van der Waals surface area contributed by atoms with Crippen LogP contribution in [0.1, 0.15) is 52.9 Å². The van der Waals surface area contributed by atoms with Crippen molar-refractivity contribution in [2.24, 2.45) is 5.73 Å². The summed E-state index contributed by atoms with van der Waals surface area (Å²) in [5.74, 6) is 0. The first-order valence-corrected chi connectivity index (χ1v) is 15.4. The van der Waals surface area contributed by atoms with E-state index >= 15 is 0 Å². The number of hydrogen-bond acceptors (Lipinski definition) is 5. The molecule has 208 valence electrons. The highest BCUT2D eigenvalue weighted by atomic mass is 32.2. The van der Waals surface area contributed by atoms with E-state index < -0.39 is 0 Å². The lowest BCUT2D eigenvalue weighted by molar-refractivity contribution is 0.357. The molecule has 42 heavy (non-hydrogen) atoms. The normalized spacial score (nSPS) is 16.6. The first kappa shape index (κ1) is 26.7. The lowest BCUT2D eigenvalue weighted by Gasteiger charge is -2.28. The topological polar surface area (TPSA) is 62.1 Å².